The molecular weight excluding hydrogens is 350 g/mol. The van der Waals surface area contributed by atoms with E-state index >= 15 is 0 Å². The Morgan fingerprint density at radius 1 is 1.12 bits per heavy atom. The van der Waals surface area contributed by atoms with Crippen molar-refractivity contribution in [1.29, 1.82) is 0 Å². The zero-order valence-corrected chi connectivity index (χ0v) is 16.5. The van der Waals surface area contributed by atoms with E-state index in [2.05, 4.69) is 5.32 Å². The van der Waals surface area contributed by atoms with E-state index in [-0.39, 0.29) is 17.3 Å². The summed E-state index contributed by atoms with van der Waals surface area (Å²) in [7, 11) is -3.58. The molecule has 0 radical (unpaired) electrons. The summed E-state index contributed by atoms with van der Waals surface area (Å²) < 4.78 is 28.8. The van der Waals surface area contributed by atoms with Crippen LogP contribution in [0.15, 0.2) is 47.5 Å². The number of nitrogens with one attached hydrogen (secondary N) is 1. The Kier molecular flexibility index (Phi) is 6.50. The summed E-state index contributed by atoms with van der Waals surface area (Å²) in [6, 6.07) is 10.7. The van der Waals surface area contributed by atoms with Crippen LogP contribution in [0.4, 0.5) is 5.69 Å². The molecule has 0 aliphatic rings. The Hall–Kier alpha value is -2.25. The molecular formula is C19H26N3O3S+. The van der Waals surface area contributed by atoms with E-state index in [1.807, 2.05) is 35.9 Å². The van der Waals surface area contributed by atoms with Gasteiger partial charge in [-0.25, -0.2) is 8.42 Å². The molecule has 26 heavy (non-hydrogen) atoms. The van der Waals surface area contributed by atoms with E-state index in [0.717, 1.165) is 5.69 Å². The average Bonchev–Trinajstić information content (AvgIpc) is 2.59. The number of nitrogens with zero attached hydrogens (tertiary/aromatic N) is 2. The second-order valence-electron chi connectivity index (χ2n) is 6.09. The standard InChI is InChI=1S/C19H25N3O3S/c1-5-22(6-2)26(24,25)18-13-17(11-10-15(18)3)20-19(23)14-21-12-8-7-9-16(21)4/h7-13H,5-6,14H2,1-4H3/p+1. The summed E-state index contributed by atoms with van der Waals surface area (Å²) >= 11 is 0. The molecule has 1 aromatic carbocycles. The van der Waals surface area contributed by atoms with Crippen molar-refractivity contribution < 1.29 is 17.8 Å². The van der Waals surface area contributed by atoms with Crippen LogP contribution >= 0.6 is 0 Å². The number of carbonyl (C=O) groups is 1. The Morgan fingerprint density at radius 3 is 2.42 bits per heavy atom. The summed E-state index contributed by atoms with van der Waals surface area (Å²) in [5.41, 5.74) is 2.10. The minimum Gasteiger partial charge on any atom is -0.321 e. The lowest BCUT2D eigenvalue weighted by molar-refractivity contribution is -0.690. The number of pyridine rings is 1. The van der Waals surface area contributed by atoms with Crippen LogP contribution in [-0.4, -0.2) is 31.7 Å². The maximum atomic E-state index is 12.8. The van der Waals surface area contributed by atoms with Crippen molar-refractivity contribution in [3.63, 3.8) is 0 Å². The zero-order chi connectivity index (χ0) is 19.3. The first kappa shape index (κ1) is 20.1. The van der Waals surface area contributed by atoms with Gasteiger partial charge in [0.2, 0.25) is 16.6 Å². The van der Waals surface area contributed by atoms with E-state index < -0.39 is 10.0 Å². The van der Waals surface area contributed by atoms with Gasteiger partial charge in [0.05, 0.1) is 4.90 Å². The highest BCUT2D eigenvalue weighted by Gasteiger charge is 2.24. The first-order valence-corrected chi connectivity index (χ1v) is 10.1. The van der Waals surface area contributed by atoms with Crippen LogP contribution in [-0.2, 0) is 21.4 Å². The molecule has 2 aromatic rings. The molecule has 6 nitrogen and oxygen atoms in total. The molecule has 0 aliphatic heterocycles. The van der Waals surface area contributed by atoms with E-state index in [1.54, 1.807) is 32.9 Å². The van der Waals surface area contributed by atoms with Crippen molar-refractivity contribution in [1.82, 2.24) is 4.31 Å². The summed E-state index contributed by atoms with van der Waals surface area (Å²) in [6.45, 7) is 8.26. The molecule has 0 unspecified atom stereocenters. The van der Waals surface area contributed by atoms with E-state index in [1.165, 1.54) is 10.4 Å². The van der Waals surface area contributed by atoms with Gasteiger partial charge in [0.1, 0.15) is 0 Å². The Morgan fingerprint density at radius 2 is 1.81 bits per heavy atom. The number of hydrogen-bond acceptors (Lipinski definition) is 3. The maximum Gasteiger partial charge on any atom is 0.290 e. The van der Waals surface area contributed by atoms with Gasteiger partial charge < -0.3 is 5.32 Å². The van der Waals surface area contributed by atoms with Gasteiger partial charge in [-0.3, -0.25) is 4.79 Å². The number of aromatic nitrogens is 1. The number of rotatable bonds is 7. The highest BCUT2D eigenvalue weighted by atomic mass is 32.2. The molecule has 140 valence electrons. The minimum atomic E-state index is -3.58. The second kappa shape index (κ2) is 8.42. The molecule has 7 heteroatoms. The molecule has 1 N–H and O–H groups in total. The molecule has 0 atom stereocenters. The number of benzene rings is 1. The average molecular weight is 377 g/mol. The van der Waals surface area contributed by atoms with Crippen molar-refractivity contribution in [2.45, 2.75) is 39.1 Å². The lowest BCUT2D eigenvalue weighted by atomic mass is 10.2. The molecule has 0 fully saturated rings. The molecule has 1 aromatic heterocycles. The molecule has 0 saturated heterocycles. The Labute approximate surface area is 155 Å². The van der Waals surface area contributed by atoms with Crippen LogP contribution in [0.3, 0.4) is 0 Å². The van der Waals surface area contributed by atoms with E-state index in [4.69, 9.17) is 0 Å². The fourth-order valence-corrected chi connectivity index (χ4v) is 4.46. The van der Waals surface area contributed by atoms with Crippen molar-refractivity contribution in [3.8, 4) is 0 Å². The van der Waals surface area contributed by atoms with Gasteiger partial charge in [0.15, 0.2) is 11.9 Å². The molecule has 0 saturated carbocycles. The van der Waals surface area contributed by atoms with Gasteiger partial charge in [-0.15, -0.1) is 0 Å². The van der Waals surface area contributed by atoms with Gasteiger partial charge >= 0.3 is 0 Å². The topological polar surface area (TPSA) is 70.4 Å². The van der Waals surface area contributed by atoms with Crippen molar-refractivity contribution >= 4 is 21.6 Å². The number of anilines is 1. The van der Waals surface area contributed by atoms with Crippen molar-refractivity contribution in [2.75, 3.05) is 18.4 Å². The molecule has 1 amide bonds. The van der Waals surface area contributed by atoms with Gasteiger partial charge in [-0.2, -0.15) is 8.87 Å². The highest BCUT2D eigenvalue weighted by molar-refractivity contribution is 7.89. The molecule has 0 aliphatic carbocycles. The first-order valence-electron chi connectivity index (χ1n) is 8.65. The zero-order valence-electron chi connectivity index (χ0n) is 15.7. The lowest BCUT2D eigenvalue weighted by Crippen LogP contribution is -2.42. The summed E-state index contributed by atoms with van der Waals surface area (Å²) in [5.74, 6) is -0.209. The van der Waals surface area contributed by atoms with Crippen molar-refractivity contribution in [3.05, 3.63) is 53.9 Å². The summed E-state index contributed by atoms with van der Waals surface area (Å²) in [6.07, 6.45) is 1.83. The molecule has 1 heterocycles. The normalized spacial score (nSPS) is 11.6. The van der Waals surface area contributed by atoms with Crippen LogP contribution in [0.1, 0.15) is 25.1 Å². The third kappa shape index (κ3) is 4.47. The highest BCUT2D eigenvalue weighted by Crippen LogP contribution is 2.23. The number of amides is 1. The van der Waals surface area contributed by atoms with E-state index in [0.29, 0.717) is 24.3 Å². The van der Waals surface area contributed by atoms with E-state index in [9.17, 15) is 13.2 Å². The van der Waals surface area contributed by atoms with Crippen LogP contribution in [0, 0.1) is 13.8 Å². The third-order valence-corrected chi connectivity index (χ3v) is 6.47. The summed E-state index contributed by atoms with van der Waals surface area (Å²) in [5, 5.41) is 2.79. The predicted octanol–water partition coefficient (Wildman–Crippen LogP) is 2.26. The smallest absolute Gasteiger partial charge is 0.290 e. The quantitative estimate of drug-likeness (QED) is 0.754. The van der Waals surface area contributed by atoms with Crippen LogP contribution in [0.2, 0.25) is 0 Å². The second-order valence-corrected chi connectivity index (χ2v) is 7.99. The van der Waals surface area contributed by atoms with Crippen LogP contribution in [0.5, 0.6) is 0 Å². The third-order valence-electron chi connectivity index (χ3n) is 4.28. The fraction of sp³-hybridized carbons (Fsp3) is 0.368. The molecule has 0 bridgehead atoms. The van der Waals surface area contributed by atoms with Crippen LogP contribution in [0.25, 0.3) is 0 Å². The Balaban J connectivity index is 2.24. The number of sulfonamides is 1. The SMILES string of the molecule is CCN(CC)S(=O)(=O)c1cc(NC(=O)C[n+]2ccccc2C)ccc1C. The summed E-state index contributed by atoms with van der Waals surface area (Å²) in [4.78, 5) is 12.6. The first-order chi connectivity index (χ1) is 12.3. The van der Waals surface area contributed by atoms with Gasteiger partial charge in [0.25, 0.3) is 5.91 Å². The van der Waals surface area contributed by atoms with Gasteiger partial charge in [0, 0.05) is 37.8 Å². The fourth-order valence-electron chi connectivity index (χ4n) is 2.75. The minimum absolute atomic E-state index is 0.165. The molecule has 0 spiro atoms. The predicted molar refractivity (Wildman–Crippen MR) is 101 cm³/mol. The van der Waals surface area contributed by atoms with Crippen molar-refractivity contribution in [2.24, 2.45) is 0 Å². The number of hydrogen-bond donors (Lipinski definition) is 1. The maximum absolute atomic E-state index is 12.8. The van der Waals surface area contributed by atoms with Gasteiger partial charge in [-0.05, 0) is 24.6 Å². The number of carbonyl (C=O) groups excluding carboxylic acids is 1. The van der Waals surface area contributed by atoms with Gasteiger partial charge in [-0.1, -0.05) is 26.0 Å². The lowest BCUT2D eigenvalue weighted by Gasteiger charge is -2.20. The van der Waals surface area contributed by atoms with Crippen LogP contribution < -0.4 is 9.88 Å². The largest absolute Gasteiger partial charge is 0.321 e. The number of aryl methyl sites for hydroxylation is 2. The Bertz CT molecular complexity index is 891. The molecule has 2 rings (SSSR count). The monoisotopic (exact) mass is 376 g/mol.